The lowest BCUT2D eigenvalue weighted by Gasteiger charge is -2.25. The van der Waals surface area contributed by atoms with E-state index in [0.717, 1.165) is 24.9 Å². The molecule has 3 rings (SSSR count). The van der Waals surface area contributed by atoms with Crippen LogP contribution in [0.15, 0.2) is 53.0 Å². The Bertz CT molecular complexity index is 659. The Labute approximate surface area is 131 Å². The van der Waals surface area contributed by atoms with Gasteiger partial charge in [0, 0.05) is 12.1 Å². The van der Waals surface area contributed by atoms with E-state index in [2.05, 4.69) is 15.9 Å². The van der Waals surface area contributed by atoms with Gasteiger partial charge in [0.05, 0.1) is 10.5 Å². The molecule has 0 aromatic heterocycles. The fourth-order valence-electron chi connectivity index (χ4n) is 2.83. The highest BCUT2D eigenvalue weighted by Gasteiger charge is 2.30. The van der Waals surface area contributed by atoms with Gasteiger partial charge in [-0.15, -0.1) is 0 Å². The Morgan fingerprint density at radius 3 is 2.67 bits per heavy atom. The van der Waals surface area contributed by atoms with Gasteiger partial charge in [0.1, 0.15) is 5.82 Å². The number of rotatable bonds is 2. The lowest BCUT2D eigenvalue weighted by molar-refractivity contribution is 0.0735. The molecule has 1 saturated heterocycles. The van der Waals surface area contributed by atoms with Crippen LogP contribution in [0.3, 0.4) is 0 Å². The molecule has 21 heavy (non-hydrogen) atoms. The van der Waals surface area contributed by atoms with E-state index in [0.29, 0.717) is 10.0 Å². The van der Waals surface area contributed by atoms with Gasteiger partial charge in [0.2, 0.25) is 0 Å². The first-order valence-corrected chi connectivity index (χ1v) is 7.77. The number of likely N-dealkylation sites (tertiary alicyclic amines) is 1. The predicted octanol–water partition coefficient (Wildman–Crippen LogP) is 4.57. The molecule has 0 N–H and O–H groups in total. The third-order valence-corrected chi connectivity index (χ3v) is 4.51. The monoisotopic (exact) mass is 347 g/mol. The van der Waals surface area contributed by atoms with Gasteiger partial charge in [-0.1, -0.05) is 30.3 Å². The zero-order chi connectivity index (χ0) is 14.8. The van der Waals surface area contributed by atoms with Crippen molar-refractivity contribution in [3.63, 3.8) is 0 Å². The van der Waals surface area contributed by atoms with E-state index in [4.69, 9.17) is 0 Å². The second-order valence-corrected chi connectivity index (χ2v) is 6.05. The van der Waals surface area contributed by atoms with Crippen molar-refractivity contribution in [2.75, 3.05) is 6.54 Å². The minimum absolute atomic E-state index is 0.0883. The molecule has 1 unspecified atom stereocenters. The number of benzene rings is 2. The Morgan fingerprint density at radius 2 is 1.95 bits per heavy atom. The van der Waals surface area contributed by atoms with Crippen LogP contribution in [0.25, 0.3) is 0 Å². The molecule has 1 heterocycles. The zero-order valence-corrected chi connectivity index (χ0v) is 13.0. The van der Waals surface area contributed by atoms with Gasteiger partial charge in [0.15, 0.2) is 0 Å². The molecule has 0 radical (unpaired) electrons. The van der Waals surface area contributed by atoms with E-state index < -0.39 is 5.82 Å². The molecule has 0 aliphatic carbocycles. The molecule has 1 aliphatic rings. The summed E-state index contributed by atoms with van der Waals surface area (Å²) in [6.45, 7) is 0.718. The van der Waals surface area contributed by atoms with E-state index in [9.17, 15) is 9.18 Å². The van der Waals surface area contributed by atoms with Crippen molar-refractivity contribution in [2.24, 2.45) is 0 Å². The summed E-state index contributed by atoms with van der Waals surface area (Å²) >= 11 is 3.11. The smallest absolute Gasteiger partial charge is 0.254 e. The van der Waals surface area contributed by atoms with Crippen LogP contribution in [0.5, 0.6) is 0 Å². The predicted molar refractivity (Wildman–Crippen MR) is 83.6 cm³/mol. The zero-order valence-electron chi connectivity index (χ0n) is 11.4. The molecule has 2 aromatic carbocycles. The van der Waals surface area contributed by atoms with Crippen LogP contribution in [0.4, 0.5) is 4.39 Å². The molecule has 0 saturated carbocycles. The Morgan fingerprint density at radius 1 is 1.19 bits per heavy atom. The Hall–Kier alpha value is -1.68. The van der Waals surface area contributed by atoms with Gasteiger partial charge in [-0.2, -0.15) is 0 Å². The SMILES string of the molecule is O=C(c1ccc(Br)c(F)c1)N1CCCC1c1ccccc1. The summed E-state index contributed by atoms with van der Waals surface area (Å²) in [7, 11) is 0. The molecule has 1 fully saturated rings. The molecule has 0 bridgehead atoms. The van der Waals surface area contributed by atoms with E-state index in [1.165, 1.54) is 6.07 Å². The summed E-state index contributed by atoms with van der Waals surface area (Å²) in [4.78, 5) is 14.5. The first kappa shape index (κ1) is 14.3. The number of carbonyl (C=O) groups is 1. The highest BCUT2D eigenvalue weighted by Crippen LogP contribution is 2.33. The summed E-state index contributed by atoms with van der Waals surface area (Å²) < 4.78 is 14.0. The maximum Gasteiger partial charge on any atom is 0.254 e. The molecule has 4 heteroatoms. The minimum Gasteiger partial charge on any atom is -0.332 e. The largest absolute Gasteiger partial charge is 0.332 e. The van der Waals surface area contributed by atoms with Crippen molar-refractivity contribution in [3.8, 4) is 0 Å². The Kier molecular flexibility index (Phi) is 4.06. The lowest BCUT2D eigenvalue weighted by Crippen LogP contribution is -2.30. The van der Waals surface area contributed by atoms with Gasteiger partial charge in [-0.05, 0) is 52.5 Å². The standard InChI is InChI=1S/C17H15BrFNO/c18-14-9-8-13(11-15(14)19)17(21)20-10-4-7-16(20)12-5-2-1-3-6-12/h1-3,5-6,8-9,11,16H,4,7,10H2. The number of hydrogen-bond donors (Lipinski definition) is 0. The summed E-state index contributed by atoms with van der Waals surface area (Å²) in [5.41, 5.74) is 1.54. The maximum absolute atomic E-state index is 13.6. The highest BCUT2D eigenvalue weighted by molar-refractivity contribution is 9.10. The summed E-state index contributed by atoms with van der Waals surface area (Å²) in [6, 6.07) is 14.6. The molecule has 2 nitrogen and oxygen atoms in total. The molecule has 2 aromatic rings. The summed E-state index contributed by atoms with van der Waals surface area (Å²) in [5, 5.41) is 0. The first-order chi connectivity index (χ1) is 10.2. The number of carbonyl (C=O) groups excluding carboxylic acids is 1. The molecule has 1 amide bonds. The fraction of sp³-hybridized carbons (Fsp3) is 0.235. The van der Waals surface area contributed by atoms with Crippen LogP contribution in [0.2, 0.25) is 0 Å². The topological polar surface area (TPSA) is 20.3 Å². The quantitative estimate of drug-likeness (QED) is 0.779. The lowest BCUT2D eigenvalue weighted by atomic mass is 10.0. The number of hydrogen-bond acceptors (Lipinski definition) is 1. The van der Waals surface area contributed by atoms with Crippen LogP contribution >= 0.6 is 15.9 Å². The molecular formula is C17H15BrFNO. The van der Waals surface area contributed by atoms with Crippen molar-refractivity contribution in [1.29, 1.82) is 0 Å². The summed E-state index contributed by atoms with van der Waals surface area (Å²) in [5.74, 6) is -0.510. The first-order valence-electron chi connectivity index (χ1n) is 6.98. The maximum atomic E-state index is 13.6. The van der Waals surface area contributed by atoms with Crippen LogP contribution in [-0.2, 0) is 0 Å². The third-order valence-electron chi connectivity index (χ3n) is 3.86. The average Bonchev–Trinajstić information content (AvgIpc) is 2.99. The highest BCUT2D eigenvalue weighted by atomic mass is 79.9. The second-order valence-electron chi connectivity index (χ2n) is 5.20. The van der Waals surface area contributed by atoms with Crippen LogP contribution in [0, 0.1) is 5.82 Å². The van der Waals surface area contributed by atoms with Crippen LogP contribution in [0.1, 0.15) is 34.8 Å². The number of amides is 1. The van der Waals surface area contributed by atoms with Crippen molar-refractivity contribution in [3.05, 3.63) is 69.9 Å². The van der Waals surface area contributed by atoms with Crippen molar-refractivity contribution in [1.82, 2.24) is 4.90 Å². The number of nitrogens with zero attached hydrogens (tertiary/aromatic N) is 1. The molecule has 0 spiro atoms. The van der Waals surface area contributed by atoms with Crippen LogP contribution < -0.4 is 0 Å². The van der Waals surface area contributed by atoms with Crippen LogP contribution in [-0.4, -0.2) is 17.4 Å². The normalized spacial score (nSPS) is 18.0. The number of halogens is 2. The molecular weight excluding hydrogens is 333 g/mol. The van der Waals surface area contributed by atoms with Crippen molar-refractivity contribution >= 4 is 21.8 Å². The Balaban J connectivity index is 1.88. The van der Waals surface area contributed by atoms with Crippen molar-refractivity contribution < 1.29 is 9.18 Å². The van der Waals surface area contributed by atoms with E-state index in [1.807, 2.05) is 35.2 Å². The van der Waals surface area contributed by atoms with E-state index in [-0.39, 0.29) is 11.9 Å². The second kappa shape index (κ2) is 5.98. The van der Waals surface area contributed by atoms with Gasteiger partial charge in [-0.3, -0.25) is 4.79 Å². The van der Waals surface area contributed by atoms with Gasteiger partial charge >= 0.3 is 0 Å². The minimum atomic E-state index is -0.406. The van der Waals surface area contributed by atoms with Crippen molar-refractivity contribution in [2.45, 2.75) is 18.9 Å². The summed E-state index contributed by atoms with van der Waals surface area (Å²) in [6.07, 6.45) is 1.93. The fourth-order valence-corrected chi connectivity index (χ4v) is 3.07. The van der Waals surface area contributed by atoms with Gasteiger partial charge < -0.3 is 4.90 Å². The molecule has 1 atom stereocenters. The third kappa shape index (κ3) is 2.86. The molecule has 1 aliphatic heterocycles. The average molecular weight is 348 g/mol. The van der Waals surface area contributed by atoms with E-state index >= 15 is 0 Å². The van der Waals surface area contributed by atoms with Gasteiger partial charge in [-0.25, -0.2) is 4.39 Å². The van der Waals surface area contributed by atoms with E-state index in [1.54, 1.807) is 12.1 Å². The van der Waals surface area contributed by atoms with Gasteiger partial charge in [0.25, 0.3) is 5.91 Å². The molecule has 108 valence electrons.